The highest BCUT2D eigenvalue weighted by molar-refractivity contribution is 5.85. The Hall–Kier alpha value is -1.84. The van der Waals surface area contributed by atoms with Crippen LogP contribution in [0.4, 0.5) is 0 Å². The Morgan fingerprint density at radius 2 is 1.78 bits per heavy atom. The number of nitrogens with two attached hydrogens (primary N) is 1. The van der Waals surface area contributed by atoms with Gasteiger partial charge < -0.3 is 10.6 Å². The summed E-state index contributed by atoms with van der Waals surface area (Å²) in [5.74, 6) is 0.456. The standard InChI is InChI=1S/C19H22N2O.ClH/c1-14-7-9-16(10-8-14)18(20)19(22)21-12-11-17(13-21)15-5-3-2-4-6-15;/h2-10,17-18H,11-13,20H2,1H3;1H. The highest BCUT2D eigenvalue weighted by Gasteiger charge is 2.30. The van der Waals surface area contributed by atoms with E-state index in [-0.39, 0.29) is 18.3 Å². The smallest absolute Gasteiger partial charge is 0.244 e. The molecule has 23 heavy (non-hydrogen) atoms. The number of carbonyl (C=O) groups is 1. The van der Waals surface area contributed by atoms with E-state index in [1.54, 1.807) is 0 Å². The summed E-state index contributed by atoms with van der Waals surface area (Å²) in [6.45, 7) is 3.59. The Balaban J connectivity index is 0.00000192. The summed E-state index contributed by atoms with van der Waals surface area (Å²) in [6.07, 6.45) is 1.01. The van der Waals surface area contributed by atoms with Gasteiger partial charge in [-0.3, -0.25) is 4.79 Å². The summed E-state index contributed by atoms with van der Waals surface area (Å²) in [5.41, 5.74) is 9.53. The number of rotatable bonds is 3. The molecule has 1 fully saturated rings. The molecule has 3 rings (SSSR count). The molecule has 0 saturated carbocycles. The van der Waals surface area contributed by atoms with E-state index in [1.165, 1.54) is 11.1 Å². The van der Waals surface area contributed by atoms with E-state index in [4.69, 9.17) is 5.73 Å². The normalized spacial score (nSPS) is 18.3. The summed E-state index contributed by atoms with van der Waals surface area (Å²) in [5, 5.41) is 0. The van der Waals surface area contributed by atoms with Crippen molar-refractivity contribution in [1.82, 2.24) is 4.90 Å². The third-order valence-corrected chi connectivity index (χ3v) is 4.47. The van der Waals surface area contributed by atoms with Gasteiger partial charge in [0.25, 0.3) is 0 Å². The molecule has 2 N–H and O–H groups in total. The maximum Gasteiger partial charge on any atom is 0.244 e. The second-order valence-corrected chi connectivity index (χ2v) is 6.07. The minimum absolute atomic E-state index is 0. The molecule has 1 amide bonds. The highest BCUT2D eigenvalue weighted by Crippen LogP contribution is 2.28. The third-order valence-electron chi connectivity index (χ3n) is 4.47. The molecule has 122 valence electrons. The lowest BCUT2D eigenvalue weighted by Gasteiger charge is -2.21. The Kier molecular flexibility index (Phi) is 5.80. The molecule has 3 nitrogen and oxygen atoms in total. The SMILES string of the molecule is Cc1ccc(C(N)C(=O)N2CCC(c3ccccc3)C2)cc1.Cl. The first kappa shape index (κ1) is 17.5. The second kappa shape index (κ2) is 7.62. The van der Waals surface area contributed by atoms with Crippen LogP contribution in [0.2, 0.25) is 0 Å². The molecule has 2 aromatic carbocycles. The minimum atomic E-state index is -0.560. The van der Waals surface area contributed by atoms with E-state index < -0.39 is 6.04 Å². The van der Waals surface area contributed by atoms with Crippen molar-refractivity contribution < 1.29 is 4.79 Å². The minimum Gasteiger partial charge on any atom is -0.340 e. The average molecular weight is 331 g/mol. The Morgan fingerprint density at radius 3 is 2.43 bits per heavy atom. The maximum absolute atomic E-state index is 12.6. The van der Waals surface area contributed by atoms with Gasteiger partial charge in [-0.1, -0.05) is 60.2 Å². The van der Waals surface area contributed by atoms with Crippen LogP contribution in [-0.4, -0.2) is 23.9 Å². The average Bonchev–Trinajstić information content (AvgIpc) is 3.05. The Morgan fingerprint density at radius 1 is 1.13 bits per heavy atom. The van der Waals surface area contributed by atoms with Gasteiger partial charge in [-0.05, 0) is 24.5 Å². The molecular formula is C19H23ClN2O. The number of aryl methyl sites for hydroxylation is 1. The molecule has 2 unspecified atom stereocenters. The number of hydrogen-bond acceptors (Lipinski definition) is 2. The van der Waals surface area contributed by atoms with Crippen LogP contribution < -0.4 is 5.73 Å². The van der Waals surface area contributed by atoms with E-state index in [0.29, 0.717) is 5.92 Å². The van der Waals surface area contributed by atoms with Gasteiger partial charge in [0.05, 0.1) is 0 Å². The zero-order valence-electron chi connectivity index (χ0n) is 13.3. The number of carbonyl (C=O) groups excluding carboxylic acids is 1. The van der Waals surface area contributed by atoms with Crippen molar-refractivity contribution in [3.63, 3.8) is 0 Å². The molecule has 0 radical (unpaired) electrons. The maximum atomic E-state index is 12.6. The van der Waals surface area contributed by atoms with Gasteiger partial charge >= 0.3 is 0 Å². The molecule has 0 aliphatic carbocycles. The van der Waals surface area contributed by atoms with Crippen molar-refractivity contribution in [2.75, 3.05) is 13.1 Å². The number of halogens is 1. The molecule has 2 atom stereocenters. The number of hydrogen-bond donors (Lipinski definition) is 1. The largest absolute Gasteiger partial charge is 0.340 e. The molecule has 0 spiro atoms. The fourth-order valence-corrected chi connectivity index (χ4v) is 3.07. The van der Waals surface area contributed by atoms with Crippen LogP contribution in [0.5, 0.6) is 0 Å². The van der Waals surface area contributed by atoms with Crippen molar-refractivity contribution in [2.45, 2.75) is 25.3 Å². The van der Waals surface area contributed by atoms with Crippen LogP contribution in [0, 0.1) is 6.92 Å². The Bertz CT molecular complexity index is 642. The van der Waals surface area contributed by atoms with Crippen molar-refractivity contribution in [1.29, 1.82) is 0 Å². The zero-order valence-corrected chi connectivity index (χ0v) is 14.1. The lowest BCUT2D eigenvalue weighted by molar-refractivity contribution is -0.131. The van der Waals surface area contributed by atoms with Gasteiger partial charge in [0, 0.05) is 19.0 Å². The van der Waals surface area contributed by atoms with Crippen molar-refractivity contribution in [3.8, 4) is 0 Å². The quantitative estimate of drug-likeness (QED) is 0.937. The topological polar surface area (TPSA) is 46.3 Å². The predicted octanol–water partition coefficient (Wildman–Crippen LogP) is 3.43. The van der Waals surface area contributed by atoms with Crippen LogP contribution in [0.3, 0.4) is 0 Å². The van der Waals surface area contributed by atoms with Crippen LogP contribution in [0.25, 0.3) is 0 Å². The van der Waals surface area contributed by atoms with Crippen LogP contribution in [0.15, 0.2) is 54.6 Å². The first-order valence-electron chi connectivity index (χ1n) is 7.81. The van der Waals surface area contributed by atoms with Crippen LogP contribution in [0.1, 0.15) is 35.1 Å². The van der Waals surface area contributed by atoms with Gasteiger partial charge in [0.1, 0.15) is 6.04 Å². The molecular weight excluding hydrogens is 308 g/mol. The molecule has 0 bridgehead atoms. The summed E-state index contributed by atoms with van der Waals surface area (Å²) >= 11 is 0. The van der Waals surface area contributed by atoms with Crippen LogP contribution in [-0.2, 0) is 4.79 Å². The van der Waals surface area contributed by atoms with E-state index >= 15 is 0 Å². The molecule has 4 heteroatoms. The first-order chi connectivity index (χ1) is 10.6. The lowest BCUT2D eigenvalue weighted by atomic mass is 9.99. The number of benzene rings is 2. The van der Waals surface area contributed by atoms with Gasteiger partial charge in [0.15, 0.2) is 0 Å². The van der Waals surface area contributed by atoms with Gasteiger partial charge in [-0.25, -0.2) is 0 Å². The first-order valence-corrected chi connectivity index (χ1v) is 7.81. The van der Waals surface area contributed by atoms with E-state index in [2.05, 4.69) is 24.3 Å². The molecule has 0 aromatic heterocycles. The van der Waals surface area contributed by atoms with Crippen molar-refractivity contribution >= 4 is 18.3 Å². The second-order valence-electron chi connectivity index (χ2n) is 6.07. The fraction of sp³-hybridized carbons (Fsp3) is 0.316. The van der Waals surface area contributed by atoms with E-state index in [9.17, 15) is 4.79 Å². The van der Waals surface area contributed by atoms with Crippen molar-refractivity contribution in [2.24, 2.45) is 5.73 Å². The van der Waals surface area contributed by atoms with E-state index in [1.807, 2.05) is 42.2 Å². The fourth-order valence-electron chi connectivity index (χ4n) is 3.07. The Labute approximate surface area is 143 Å². The zero-order chi connectivity index (χ0) is 15.5. The lowest BCUT2D eigenvalue weighted by Crippen LogP contribution is -2.37. The molecule has 1 heterocycles. The molecule has 1 aliphatic rings. The number of likely N-dealkylation sites (tertiary alicyclic amines) is 1. The monoisotopic (exact) mass is 330 g/mol. The van der Waals surface area contributed by atoms with Gasteiger partial charge in [-0.15, -0.1) is 12.4 Å². The van der Waals surface area contributed by atoms with Gasteiger partial charge in [-0.2, -0.15) is 0 Å². The third kappa shape index (κ3) is 3.92. The number of amides is 1. The predicted molar refractivity (Wildman–Crippen MR) is 95.7 cm³/mol. The van der Waals surface area contributed by atoms with Gasteiger partial charge in [0.2, 0.25) is 5.91 Å². The summed E-state index contributed by atoms with van der Waals surface area (Å²) in [7, 11) is 0. The van der Waals surface area contributed by atoms with E-state index in [0.717, 1.165) is 25.1 Å². The highest BCUT2D eigenvalue weighted by atomic mass is 35.5. The molecule has 1 aliphatic heterocycles. The summed E-state index contributed by atoms with van der Waals surface area (Å²) in [6, 6.07) is 17.7. The summed E-state index contributed by atoms with van der Waals surface area (Å²) < 4.78 is 0. The van der Waals surface area contributed by atoms with Crippen molar-refractivity contribution in [3.05, 3.63) is 71.3 Å². The molecule has 2 aromatic rings. The summed E-state index contributed by atoms with van der Waals surface area (Å²) in [4.78, 5) is 14.5. The number of nitrogens with zero attached hydrogens (tertiary/aromatic N) is 1. The van der Waals surface area contributed by atoms with Crippen LogP contribution >= 0.6 is 12.4 Å². The molecule has 1 saturated heterocycles.